The highest BCUT2D eigenvalue weighted by atomic mass is 19.4. The van der Waals surface area contributed by atoms with Crippen molar-refractivity contribution < 1.29 is 64.5 Å². The molecular formula is C24H22F8N4O6. The number of benzene rings is 1. The smallest absolute Gasteiger partial charge is 0.485 e. The number of aryl methyl sites for hydroxylation is 2. The van der Waals surface area contributed by atoms with Gasteiger partial charge in [0.25, 0.3) is 5.91 Å². The molecule has 0 aliphatic heterocycles. The summed E-state index contributed by atoms with van der Waals surface area (Å²) in [5, 5.41) is 19.9. The quantitative estimate of drug-likeness (QED) is 0.268. The van der Waals surface area contributed by atoms with Crippen molar-refractivity contribution in [3.8, 4) is 5.75 Å². The predicted octanol–water partition coefficient (Wildman–Crippen LogP) is 4.76. The summed E-state index contributed by atoms with van der Waals surface area (Å²) in [6, 6.07) is 3.33. The summed E-state index contributed by atoms with van der Waals surface area (Å²) in [6.07, 6.45) is -11.3. The molecule has 0 saturated heterocycles. The summed E-state index contributed by atoms with van der Waals surface area (Å²) < 4.78 is 105. The lowest BCUT2D eigenvalue weighted by Crippen LogP contribution is -2.45. The number of carboxylic acids is 1. The molecule has 18 heteroatoms. The number of nitrogens with one attached hydrogen (secondary N) is 2. The maximum absolute atomic E-state index is 13.9. The monoisotopic (exact) mass is 614 g/mol. The number of carbonyl (C=O) groups is 3. The van der Waals surface area contributed by atoms with Crippen LogP contribution >= 0.6 is 0 Å². The van der Waals surface area contributed by atoms with Gasteiger partial charge in [0.05, 0.1) is 23.7 Å². The first kappa shape index (κ1) is 33.6. The number of nitrogens with zero attached hydrogens (tertiary/aromatic N) is 2. The van der Waals surface area contributed by atoms with Crippen molar-refractivity contribution in [2.75, 3.05) is 6.54 Å². The van der Waals surface area contributed by atoms with E-state index in [0.29, 0.717) is 5.56 Å². The Labute approximate surface area is 230 Å². The standard InChI is InChI=1S/C22H21F5N4O4.C2HF3O2/c1-11-6-17(35-10-14-15(23)4-3-5-16(14)24)19-29-12(2)18(31(19)9-11)20(32)28-8-13(30-21(33)34)7-22(25,26)27;3-2(4,5)1(6)7/h3-6,9,13,30H,7-8,10H2,1-2H3,(H,28,32)(H,33,34);(H,6,7). The van der Waals surface area contributed by atoms with Gasteiger partial charge in [0.2, 0.25) is 0 Å². The molecule has 10 nitrogen and oxygen atoms in total. The van der Waals surface area contributed by atoms with E-state index < -0.39 is 67.6 Å². The normalized spacial score (nSPS) is 12.2. The van der Waals surface area contributed by atoms with E-state index in [4.69, 9.17) is 19.7 Å². The fourth-order valence-corrected chi connectivity index (χ4v) is 3.49. The Kier molecular flexibility index (Phi) is 10.7. The molecule has 0 saturated carbocycles. The molecule has 2 amide bonds. The van der Waals surface area contributed by atoms with Crippen LogP contribution in [-0.4, -0.2) is 62.5 Å². The lowest BCUT2D eigenvalue weighted by molar-refractivity contribution is -0.192. The molecule has 1 atom stereocenters. The average Bonchev–Trinajstić information content (AvgIpc) is 3.16. The number of fused-ring (bicyclic) bond motifs is 1. The van der Waals surface area contributed by atoms with Crippen LogP contribution < -0.4 is 15.4 Å². The molecule has 0 spiro atoms. The number of ether oxygens (including phenoxy) is 1. The number of aromatic nitrogens is 2. The Balaban J connectivity index is 0.000000782. The van der Waals surface area contributed by atoms with E-state index in [0.717, 1.165) is 12.1 Å². The first-order chi connectivity index (χ1) is 19.3. The topological polar surface area (TPSA) is 142 Å². The van der Waals surface area contributed by atoms with Crippen LogP contribution in [0.2, 0.25) is 0 Å². The van der Waals surface area contributed by atoms with Gasteiger partial charge in [-0.25, -0.2) is 23.4 Å². The minimum atomic E-state index is -5.08. The van der Waals surface area contributed by atoms with Gasteiger partial charge >= 0.3 is 24.4 Å². The van der Waals surface area contributed by atoms with Gasteiger partial charge in [0.15, 0.2) is 11.4 Å². The van der Waals surface area contributed by atoms with E-state index in [9.17, 15) is 44.7 Å². The number of aliphatic carboxylic acids is 1. The van der Waals surface area contributed by atoms with Crippen molar-refractivity contribution in [2.24, 2.45) is 0 Å². The van der Waals surface area contributed by atoms with Crippen LogP contribution in [0.5, 0.6) is 5.75 Å². The van der Waals surface area contributed by atoms with Crippen molar-refractivity contribution in [2.45, 2.75) is 45.3 Å². The van der Waals surface area contributed by atoms with Crippen LogP contribution in [0.15, 0.2) is 30.5 Å². The third kappa shape index (κ3) is 9.48. The third-order valence-electron chi connectivity index (χ3n) is 5.20. The molecule has 0 aliphatic rings. The van der Waals surface area contributed by atoms with Crippen molar-refractivity contribution in [1.82, 2.24) is 20.0 Å². The number of pyridine rings is 1. The summed E-state index contributed by atoms with van der Waals surface area (Å²) in [6.45, 7) is 2.08. The van der Waals surface area contributed by atoms with E-state index in [1.165, 1.54) is 23.6 Å². The maximum atomic E-state index is 13.9. The summed E-state index contributed by atoms with van der Waals surface area (Å²) in [5.41, 5.74) is 0.622. The molecule has 3 aromatic rings. The Morgan fingerprint density at radius 3 is 2.12 bits per heavy atom. The SMILES string of the molecule is Cc1cc(OCc2c(F)cccc2F)c2nc(C)c(C(=O)NCC(CC(F)(F)F)NC(=O)O)n2c1.O=C(O)C(F)(F)F. The second-order valence-corrected chi connectivity index (χ2v) is 8.59. The van der Waals surface area contributed by atoms with Gasteiger partial charge in [0, 0.05) is 12.7 Å². The molecule has 3 rings (SSSR count). The summed E-state index contributed by atoms with van der Waals surface area (Å²) in [4.78, 5) is 36.8. The zero-order valence-corrected chi connectivity index (χ0v) is 21.5. The van der Waals surface area contributed by atoms with Crippen molar-refractivity contribution in [3.63, 3.8) is 0 Å². The first-order valence-electron chi connectivity index (χ1n) is 11.5. The number of imidazole rings is 1. The van der Waals surface area contributed by atoms with Crippen LogP contribution in [0.1, 0.15) is 33.7 Å². The number of alkyl halides is 6. The summed E-state index contributed by atoms with van der Waals surface area (Å²) >= 11 is 0. The highest BCUT2D eigenvalue weighted by Crippen LogP contribution is 2.26. The van der Waals surface area contributed by atoms with Crippen molar-refractivity contribution >= 4 is 23.6 Å². The second kappa shape index (κ2) is 13.3. The largest absolute Gasteiger partial charge is 0.490 e. The molecule has 0 aliphatic carbocycles. The molecule has 2 heterocycles. The van der Waals surface area contributed by atoms with Crippen LogP contribution in [-0.2, 0) is 11.4 Å². The fraction of sp³-hybridized carbons (Fsp3) is 0.333. The average molecular weight is 614 g/mol. The second-order valence-electron chi connectivity index (χ2n) is 8.59. The third-order valence-corrected chi connectivity index (χ3v) is 5.20. The van der Waals surface area contributed by atoms with Gasteiger partial charge in [-0.1, -0.05) is 6.07 Å². The van der Waals surface area contributed by atoms with Crippen LogP contribution in [0.4, 0.5) is 39.9 Å². The predicted molar refractivity (Wildman–Crippen MR) is 127 cm³/mol. The molecule has 42 heavy (non-hydrogen) atoms. The van der Waals surface area contributed by atoms with Gasteiger partial charge in [-0.05, 0) is 37.6 Å². The summed E-state index contributed by atoms with van der Waals surface area (Å²) in [5.74, 6) is -5.02. The van der Waals surface area contributed by atoms with E-state index in [-0.39, 0.29) is 28.3 Å². The molecule has 1 unspecified atom stereocenters. The number of rotatable bonds is 8. The highest BCUT2D eigenvalue weighted by molar-refractivity contribution is 5.95. The highest BCUT2D eigenvalue weighted by Gasteiger charge is 2.38. The van der Waals surface area contributed by atoms with Gasteiger partial charge < -0.3 is 25.6 Å². The number of halogens is 8. The molecule has 230 valence electrons. The molecule has 0 radical (unpaired) electrons. The van der Waals surface area contributed by atoms with Gasteiger partial charge in [-0.3, -0.25) is 9.20 Å². The van der Waals surface area contributed by atoms with Crippen molar-refractivity contribution in [3.05, 3.63) is 64.6 Å². The van der Waals surface area contributed by atoms with Gasteiger partial charge in [-0.2, -0.15) is 26.3 Å². The molecule has 0 fully saturated rings. The van der Waals surface area contributed by atoms with Crippen molar-refractivity contribution in [1.29, 1.82) is 0 Å². The molecule has 4 N–H and O–H groups in total. The lowest BCUT2D eigenvalue weighted by atomic mass is 10.2. The number of carboxylic acid groups (broad SMARTS) is 2. The Morgan fingerprint density at radius 1 is 1.05 bits per heavy atom. The first-order valence-corrected chi connectivity index (χ1v) is 11.5. The minimum Gasteiger partial charge on any atom is -0.485 e. The number of hydrogen-bond acceptors (Lipinski definition) is 5. The summed E-state index contributed by atoms with van der Waals surface area (Å²) in [7, 11) is 0. The van der Waals surface area contributed by atoms with Crippen LogP contribution in [0.3, 0.4) is 0 Å². The Morgan fingerprint density at radius 2 is 1.62 bits per heavy atom. The molecule has 1 aromatic carbocycles. The van der Waals surface area contributed by atoms with Gasteiger partial charge in [-0.15, -0.1) is 0 Å². The molecule has 2 aromatic heterocycles. The maximum Gasteiger partial charge on any atom is 0.490 e. The minimum absolute atomic E-state index is 0.0216. The fourth-order valence-electron chi connectivity index (χ4n) is 3.49. The molecule has 0 bridgehead atoms. The van der Waals surface area contributed by atoms with E-state index in [1.807, 2.05) is 0 Å². The van der Waals surface area contributed by atoms with E-state index in [1.54, 1.807) is 18.3 Å². The van der Waals surface area contributed by atoms with E-state index >= 15 is 0 Å². The Hall–Kier alpha value is -4.64. The van der Waals surface area contributed by atoms with E-state index in [2.05, 4.69) is 10.3 Å². The zero-order chi connectivity index (χ0) is 32.0. The Bertz CT molecular complexity index is 1440. The van der Waals surface area contributed by atoms with Crippen LogP contribution in [0, 0.1) is 25.5 Å². The number of hydrogen-bond donors (Lipinski definition) is 4. The van der Waals surface area contributed by atoms with Gasteiger partial charge in [0.1, 0.15) is 23.9 Å². The van der Waals surface area contributed by atoms with Crippen LogP contribution in [0.25, 0.3) is 5.65 Å². The number of amides is 2. The zero-order valence-electron chi connectivity index (χ0n) is 21.5. The lowest BCUT2D eigenvalue weighted by Gasteiger charge is -2.19. The number of carbonyl (C=O) groups excluding carboxylic acids is 1. The molecular weight excluding hydrogens is 592 g/mol.